The molecule has 2 N–H and O–H groups in total. The molecule has 0 saturated heterocycles. The zero-order valence-electron chi connectivity index (χ0n) is 14.4. The minimum absolute atomic E-state index is 0.0938. The lowest BCUT2D eigenvalue weighted by Gasteiger charge is -2.09. The topological polar surface area (TPSA) is 54.0 Å². The summed E-state index contributed by atoms with van der Waals surface area (Å²) in [5, 5.41) is 5.48. The van der Waals surface area contributed by atoms with Crippen LogP contribution in [0.4, 0.5) is 28.9 Å². The van der Waals surface area contributed by atoms with E-state index >= 15 is 0 Å². The highest BCUT2D eigenvalue weighted by Crippen LogP contribution is 2.29. The van der Waals surface area contributed by atoms with Crippen molar-refractivity contribution in [1.29, 1.82) is 0 Å². The standard InChI is InChI=1S/C20H15F4N3O/c21-17-4-2-1-3-13(17)11-25-16-9-10-18(26-12-16)19(28)27-15-7-5-14(6-8-15)20(22,23)24/h1-10,12,25H,11H2,(H,27,28). The first-order valence-electron chi connectivity index (χ1n) is 8.25. The zero-order chi connectivity index (χ0) is 20.1. The fourth-order valence-corrected chi connectivity index (χ4v) is 2.41. The molecule has 28 heavy (non-hydrogen) atoms. The van der Waals surface area contributed by atoms with Crippen LogP contribution < -0.4 is 10.6 Å². The van der Waals surface area contributed by atoms with Crippen LogP contribution in [0.15, 0.2) is 66.9 Å². The maximum absolute atomic E-state index is 13.6. The van der Waals surface area contributed by atoms with Gasteiger partial charge in [-0.2, -0.15) is 13.2 Å². The van der Waals surface area contributed by atoms with Crippen molar-refractivity contribution in [2.75, 3.05) is 10.6 Å². The van der Waals surface area contributed by atoms with Crippen molar-refractivity contribution in [1.82, 2.24) is 4.98 Å². The van der Waals surface area contributed by atoms with Gasteiger partial charge in [0.05, 0.1) is 17.4 Å². The molecule has 0 unspecified atom stereocenters. The Morgan fingerprint density at radius 3 is 2.21 bits per heavy atom. The summed E-state index contributed by atoms with van der Waals surface area (Å²) in [4.78, 5) is 16.2. The summed E-state index contributed by atoms with van der Waals surface area (Å²) in [7, 11) is 0. The number of rotatable bonds is 5. The van der Waals surface area contributed by atoms with E-state index in [1.807, 2.05) is 0 Å². The molecule has 144 valence electrons. The van der Waals surface area contributed by atoms with Gasteiger partial charge in [0.1, 0.15) is 11.5 Å². The molecule has 3 aromatic rings. The van der Waals surface area contributed by atoms with E-state index in [2.05, 4.69) is 15.6 Å². The summed E-state index contributed by atoms with van der Waals surface area (Å²) < 4.78 is 51.3. The third-order valence-electron chi connectivity index (χ3n) is 3.91. The number of aromatic nitrogens is 1. The number of benzene rings is 2. The van der Waals surface area contributed by atoms with Gasteiger partial charge in [0.15, 0.2) is 0 Å². The van der Waals surface area contributed by atoms with Gasteiger partial charge in [0.25, 0.3) is 5.91 Å². The molecule has 2 aromatic carbocycles. The number of nitrogens with zero attached hydrogens (tertiary/aromatic N) is 1. The normalized spacial score (nSPS) is 11.1. The summed E-state index contributed by atoms with van der Waals surface area (Å²) in [6, 6.07) is 13.5. The van der Waals surface area contributed by atoms with Gasteiger partial charge in [-0.25, -0.2) is 9.37 Å². The lowest BCUT2D eigenvalue weighted by atomic mass is 10.2. The number of hydrogen-bond donors (Lipinski definition) is 2. The number of anilines is 2. The Balaban J connectivity index is 1.60. The molecule has 0 aliphatic rings. The SMILES string of the molecule is O=C(Nc1ccc(C(F)(F)F)cc1)c1ccc(NCc2ccccc2F)cn1. The first kappa shape index (κ1) is 19.3. The lowest BCUT2D eigenvalue weighted by molar-refractivity contribution is -0.137. The zero-order valence-corrected chi connectivity index (χ0v) is 14.4. The first-order chi connectivity index (χ1) is 13.3. The fraction of sp³-hybridized carbons (Fsp3) is 0.100. The van der Waals surface area contributed by atoms with Crippen LogP contribution >= 0.6 is 0 Å². The second-order valence-electron chi connectivity index (χ2n) is 5.91. The molecule has 0 aliphatic heterocycles. The highest BCUT2D eigenvalue weighted by molar-refractivity contribution is 6.02. The second-order valence-corrected chi connectivity index (χ2v) is 5.91. The fourth-order valence-electron chi connectivity index (χ4n) is 2.41. The van der Waals surface area contributed by atoms with Crippen LogP contribution in [0.25, 0.3) is 0 Å². The van der Waals surface area contributed by atoms with Crippen molar-refractivity contribution in [2.45, 2.75) is 12.7 Å². The van der Waals surface area contributed by atoms with Crippen LogP contribution in [0, 0.1) is 5.82 Å². The number of carbonyl (C=O) groups excluding carboxylic acids is 1. The Bertz CT molecular complexity index is 954. The molecule has 0 fully saturated rings. The maximum Gasteiger partial charge on any atom is 0.416 e. The van der Waals surface area contributed by atoms with E-state index < -0.39 is 17.6 Å². The predicted molar refractivity (Wildman–Crippen MR) is 97.4 cm³/mol. The smallest absolute Gasteiger partial charge is 0.380 e. The number of alkyl halides is 3. The van der Waals surface area contributed by atoms with Gasteiger partial charge in [-0.05, 0) is 42.5 Å². The van der Waals surface area contributed by atoms with Crippen molar-refractivity contribution < 1.29 is 22.4 Å². The molecule has 1 aromatic heterocycles. The number of nitrogens with one attached hydrogen (secondary N) is 2. The Kier molecular flexibility index (Phi) is 5.58. The molecule has 4 nitrogen and oxygen atoms in total. The number of hydrogen-bond acceptors (Lipinski definition) is 3. The molecular formula is C20H15F4N3O. The van der Waals surface area contributed by atoms with Gasteiger partial charge in [0.2, 0.25) is 0 Å². The van der Waals surface area contributed by atoms with E-state index in [1.54, 1.807) is 24.3 Å². The Morgan fingerprint density at radius 2 is 1.61 bits per heavy atom. The first-order valence-corrected chi connectivity index (χ1v) is 8.25. The van der Waals surface area contributed by atoms with Gasteiger partial charge in [-0.1, -0.05) is 18.2 Å². The van der Waals surface area contributed by atoms with Crippen molar-refractivity contribution in [3.63, 3.8) is 0 Å². The molecule has 1 heterocycles. The number of halogens is 4. The molecule has 0 saturated carbocycles. The van der Waals surface area contributed by atoms with Gasteiger partial charge >= 0.3 is 6.18 Å². The summed E-state index contributed by atoms with van der Waals surface area (Å²) in [5.74, 6) is -0.879. The van der Waals surface area contributed by atoms with E-state index in [1.165, 1.54) is 30.5 Å². The molecule has 0 aliphatic carbocycles. The average Bonchev–Trinajstić information content (AvgIpc) is 2.67. The third kappa shape index (κ3) is 4.85. The summed E-state index contributed by atoms with van der Waals surface area (Å²) in [6.45, 7) is 0.255. The largest absolute Gasteiger partial charge is 0.416 e. The van der Waals surface area contributed by atoms with Crippen LogP contribution in [0.5, 0.6) is 0 Å². The maximum atomic E-state index is 13.6. The van der Waals surface area contributed by atoms with Crippen LogP contribution in [-0.2, 0) is 12.7 Å². The highest BCUT2D eigenvalue weighted by atomic mass is 19.4. The Labute approximate surface area is 158 Å². The highest BCUT2D eigenvalue weighted by Gasteiger charge is 2.30. The Hall–Kier alpha value is -3.42. The van der Waals surface area contributed by atoms with E-state index in [9.17, 15) is 22.4 Å². The monoisotopic (exact) mass is 389 g/mol. The van der Waals surface area contributed by atoms with Gasteiger partial charge in [0, 0.05) is 17.8 Å². The summed E-state index contributed by atoms with van der Waals surface area (Å²) >= 11 is 0. The summed E-state index contributed by atoms with van der Waals surface area (Å²) in [5.41, 5.74) is 0.604. The number of carbonyl (C=O) groups is 1. The van der Waals surface area contributed by atoms with Crippen LogP contribution in [0.3, 0.4) is 0 Å². The molecule has 0 bridgehead atoms. The van der Waals surface area contributed by atoms with Crippen LogP contribution in [-0.4, -0.2) is 10.9 Å². The second kappa shape index (κ2) is 8.08. The molecular weight excluding hydrogens is 374 g/mol. The average molecular weight is 389 g/mol. The van der Waals surface area contributed by atoms with Gasteiger partial charge in [-0.3, -0.25) is 4.79 Å². The predicted octanol–water partition coefficient (Wildman–Crippen LogP) is 5.10. The van der Waals surface area contributed by atoms with Crippen molar-refractivity contribution in [3.8, 4) is 0 Å². The van der Waals surface area contributed by atoms with Crippen molar-refractivity contribution >= 4 is 17.3 Å². The molecule has 3 rings (SSSR count). The molecule has 1 amide bonds. The third-order valence-corrected chi connectivity index (χ3v) is 3.91. The quantitative estimate of drug-likeness (QED) is 0.597. The molecule has 0 spiro atoms. The van der Waals surface area contributed by atoms with Crippen LogP contribution in [0.2, 0.25) is 0 Å². The number of amides is 1. The van der Waals surface area contributed by atoms with Crippen molar-refractivity contribution in [2.24, 2.45) is 0 Å². The van der Waals surface area contributed by atoms with E-state index in [4.69, 9.17) is 0 Å². The van der Waals surface area contributed by atoms with Crippen LogP contribution in [0.1, 0.15) is 21.6 Å². The van der Waals surface area contributed by atoms with Gasteiger partial charge < -0.3 is 10.6 Å². The van der Waals surface area contributed by atoms with E-state index in [-0.39, 0.29) is 23.7 Å². The van der Waals surface area contributed by atoms with E-state index in [0.29, 0.717) is 11.3 Å². The van der Waals surface area contributed by atoms with E-state index in [0.717, 1.165) is 12.1 Å². The number of pyridine rings is 1. The van der Waals surface area contributed by atoms with Crippen molar-refractivity contribution in [3.05, 3.63) is 89.5 Å². The van der Waals surface area contributed by atoms with Gasteiger partial charge in [-0.15, -0.1) is 0 Å². The molecule has 0 radical (unpaired) electrons. The molecule has 8 heteroatoms. The molecule has 0 atom stereocenters. The lowest BCUT2D eigenvalue weighted by Crippen LogP contribution is -2.14. The Morgan fingerprint density at radius 1 is 0.929 bits per heavy atom. The minimum Gasteiger partial charge on any atom is -0.380 e. The summed E-state index contributed by atoms with van der Waals surface area (Å²) in [6.07, 6.45) is -3.02. The minimum atomic E-state index is -4.43.